The lowest BCUT2D eigenvalue weighted by Gasteiger charge is -2.29. The van der Waals surface area contributed by atoms with Crippen molar-refractivity contribution in [3.8, 4) is 0 Å². The molecule has 1 saturated heterocycles. The van der Waals surface area contributed by atoms with Crippen LogP contribution in [0.3, 0.4) is 0 Å². The summed E-state index contributed by atoms with van der Waals surface area (Å²) >= 11 is 7.77. The Bertz CT molecular complexity index is 347. The molecule has 0 bridgehead atoms. The van der Waals surface area contributed by atoms with Crippen LogP contribution in [0.5, 0.6) is 0 Å². The number of hydrogen-bond donors (Lipinski definition) is 1. The first-order chi connectivity index (χ1) is 8.78. The fraction of sp³-hybridized carbons (Fsp3) is 0.714. The molecule has 1 aliphatic rings. The Morgan fingerprint density at radius 1 is 1.56 bits per heavy atom. The zero-order valence-corrected chi connectivity index (χ0v) is 12.7. The van der Waals surface area contributed by atoms with Crippen LogP contribution < -0.4 is 5.32 Å². The van der Waals surface area contributed by atoms with Gasteiger partial charge in [-0.05, 0) is 50.9 Å². The van der Waals surface area contributed by atoms with Crippen LogP contribution in [-0.4, -0.2) is 31.1 Å². The van der Waals surface area contributed by atoms with Gasteiger partial charge in [0, 0.05) is 23.3 Å². The van der Waals surface area contributed by atoms with E-state index in [1.54, 1.807) is 11.3 Å². The average Bonchev–Trinajstić information content (AvgIpc) is 2.76. The lowest BCUT2D eigenvalue weighted by molar-refractivity contribution is 0.203. The van der Waals surface area contributed by atoms with Gasteiger partial charge < -0.3 is 5.32 Å². The molecule has 4 heteroatoms. The maximum Gasteiger partial charge on any atom is 0.0516 e. The highest BCUT2D eigenvalue weighted by Crippen LogP contribution is 2.22. The third kappa shape index (κ3) is 4.54. The molecular formula is C14H23ClN2S. The summed E-state index contributed by atoms with van der Waals surface area (Å²) in [6, 6.07) is 2.11. The second kappa shape index (κ2) is 7.49. The van der Waals surface area contributed by atoms with Crippen molar-refractivity contribution in [1.29, 1.82) is 0 Å². The molecule has 0 aliphatic carbocycles. The molecular weight excluding hydrogens is 264 g/mol. The maximum absolute atomic E-state index is 5.99. The number of halogens is 1. The Hall–Kier alpha value is -0.0900. The van der Waals surface area contributed by atoms with E-state index >= 15 is 0 Å². The van der Waals surface area contributed by atoms with Crippen molar-refractivity contribution < 1.29 is 0 Å². The second-order valence-electron chi connectivity index (χ2n) is 5.18. The van der Waals surface area contributed by atoms with Crippen LogP contribution in [0.4, 0.5) is 0 Å². The molecule has 0 amide bonds. The number of rotatable bonds is 6. The van der Waals surface area contributed by atoms with E-state index in [0.29, 0.717) is 0 Å². The van der Waals surface area contributed by atoms with Gasteiger partial charge in [0.1, 0.15) is 0 Å². The second-order valence-corrected chi connectivity index (χ2v) is 6.61. The van der Waals surface area contributed by atoms with Gasteiger partial charge >= 0.3 is 0 Å². The standard InChI is InChI=1S/C14H23ClN2S/c1-2-6-17(9-12-4-3-5-16-8-12)10-14-7-13(15)11-18-14/h7,11-12,16H,2-6,8-10H2,1H3. The van der Waals surface area contributed by atoms with E-state index in [0.717, 1.165) is 17.5 Å². The highest BCUT2D eigenvalue weighted by Gasteiger charge is 2.17. The number of thiophene rings is 1. The monoisotopic (exact) mass is 286 g/mol. The Morgan fingerprint density at radius 3 is 3.06 bits per heavy atom. The lowest BCUT2D eigenvalue weighted by Crippen LogP contribution is -2.38. The topological polar surface area (TPSA) is 15.3 Å². The fourth-order valence-corrected chi connectivity index (χ4v) is 3.77. The van der Waals surface area contributed by atoms with Crippen molar-refractivity contribution in [2.45, 2.75) is 32.7 Å². The summed E-state index contributed by atoms with van der Waals surface area (Å²) in [5.41, 5.74) is 0. The summed E-state index contributed by atoms with van der Waals surface area (Å²) in [7, 11) is 0. The van der Waals surface area contributed by atoms with Gasteiger partial charge in [-0.25, -0.2) is 0 Å². The van der Waals surface area contributed by atoms with Gasteiger partial charge in [0.05, 0.1) is 5.02 Å². The smallest absolute Gasteiger partial charge is 0.0516 e. The fourth-order valence-electron chi connectivity index (χ4n) is 2.65. The van der Waals surface area contributed by atoms with E-state index in [1.165, 1.54) is 50.3 Å². The van der Waals surface area contributed by atoms with E-state index in [9.17, 15) is 0 Å². The molecule has 2 rings (SSSR count). The minimum absolute atomic E-state index is 0.820. The van der Waals surface area contributed by atoms with Crippen LogP contribution in [0, 0.1) is 5.92 Å². The van der Waals surface area contributed by atoms with E-state index in [1.807, 2.05) is 5.38 Å². The quantitative estimate of drug-likeness (QED) is 0.859. The SMILES string of the molecule is CCCN(Cc1cc(Cl)cs1)CC1CCCNC1. The van der Waals surface area contributed by atoms with Crippen LogP contribution in [0.2, 0.25) is 5.02 Å². The number of nitrogens with zero attached hydrogens (tertiary/aromatic N) is 1. The molecule has 1 aliphatic heterocycles. The molecule has 1 aromatic rings. The van der Waals surface area contributed by atoms with E-state index in [2.05, 4.69) is 23.2 Å². The summed E-state index contributed by atoms with van der Waals surface area (Å²) in [5.74, 6) is 0.820. The third-order valence-electron chi connectivity index (χ3n) is 3.46. The first kappa shape index (κ1) is 14.3. The van der Waals surface area contributed by atoms with Crippen LogP contribution in [0.1, 0.15) is 31.1 Å². The summed E-state index contributed by atoms with van der Waals surface area (Å²) < 4.78 is 0. The summed E-state index contributed by atoms with van der Waals surface area (Å²) in [6.45, 7) is 8.11. The largest absolute Gasteiger partial charge is 0.316 e. The predicted molar refractivity (Wildman–Crippen MR) is 80.5 cm³/mol. The van der Waals surface area contributed by atoms with Crippen LogP contribution in [-0.2, 0) is 6.54 Å². The highest BCUT2D eigenvalue weighted by atomic mass is 35.5. The molecule has 1 aromatic heterocycles. The first-order valence-electron chi connectivity index (χ1n) is 6.94. The van der Waals surface area contributed by atoms with Crippen molar-refractivity contribution >= 4 is 22.9 Å². The summed E-state index contributed by atoms with van der Waals surface area (Å²) in [4.78, 5) is 3.97. The molecule has 0 aromatic carbocycles. The molecule has 1 atom stereocenters. The summed E-state index contributed by atoms with van der Waals surface area (Å²) in [6.07, 6.45) is 3.92. The molecule has 0 radical (unpaired) electrons. The number of nitrogens with one attached hydrogen (secondary N) is 1. The zero-order valence-electron chi connectivity index (χ0n) is 11.1. The van der Waals surface area contributed by atoms with Crippen molar-refractivity contribution in [3.05, 3.63) is 21.3 Å². The molecule has 1 N–H and O–H groups in total. The molecule has 1 fully saturated rings. The number of hydrogen-bond acceptors (Lipinski definition) is 3. The van der Waals surface area contributed by atoms with Crippen LogP contribution in [0.15, 0.2) is 11.4 Å². The van der Waals surface area contributed by atoms with Crippen LogP contribution >= 0.6 is 22.9 Å². The molecule has 2 nitrogen and oxygen atoms in total. The molecule has 2 heterocycles. The van der Waals surface area contributed by atoms with E-state index < -0.39 is 0 Å². The Morgan fingerprint density at radius 2 is 2.44 bits per heavy atom. The van der Waals surface area contributed by atoms with Crippen molar-refractivity contribution in [2.24, 2.45) is 5.92 Å². The summed E-state index contributed by atoms with van der Waals surface area (Å²) in [5, 5.41) is 6.42. The molecule has 18 heavy (non-hydrogen) atoms. The van der Waals surface area contributed by atoms with Crippen molar-refractivity contribution in [2.75, 3.05) is 26.2 Å². The van der Waals surface area contributed by atoms with Gasteiger partial charge in [0.2, 0.25) is 0 Å². The third-order valence-corrected chi connectivity index (χ3v) is 4.73. The van der Waals surface area contributed by atoms with Gasteiger partial charge in [-0.3, -0.25) is 4.90 Å². The van der Waals surface area contributed by atoms with Gasteiger partial charge in [-0.1, -0.05) is 18.5 Å². The van der Waals surface area contributed by atoms with Gasteiger partial charge in [0.15, 0.2) is 0 Å². The van der Waals surface area contributed by atoms with E-state index in [4.69, 9.17) is 11.6 Å². The van der Waals surface area contributed by atoms with Gasteiger partial charge in [0.25, 0.3) is 0 Å². The molecule has 102 valence electrons. The normalized spacial score (nSPS) is 20.5. The Labute approximate surface area is 119 Å². The van der Waals surface area contributed by atoms with Crippen LogP contribution in [0.25, 0.3) is 0 Å². The number of piperidine rings is 1. The van der Waals surface area contributed by atoms with Crippen molar-refractivity contribution in [1.82, 2.24) is 10.2 Å². The minimum Gasteiger partial charge on any atom is -0.316 e. The van der Waals surface area contributed by atoms with Crippen molar-refractivity contribution in [3.63, 3.8) is 0 Å². The predicted octanol–water partition coefficient (Wildman–Crippen LogP) is 3.61. The molecule has 0 saturated carbocycles. The lowest BCUT2D eigenvalue weighted by atomic mass is 9.99. The first-order valence-corrected chi connectivity index (χ1v) is 8.19. The Balaban J connectivity index is 1.86. The molecule has 0 spiro atoms. The zero-order chi connectivity index (χ0) is 12.8. The average molecular weight is 287 g/mol. The molecule has 1 unspecified atom stereocenters. The Kier molecular flexibility index (Phi) is 5.96. The van der Waals surface area contributed by atoms with Gasteiger partial charge in [-0.2, -0.15) is 0 Å². The van der Waals surface area contributed by atoms with E-state index in [-0.39, 0.29) is 0 Å². The highest BCUT2D eigenvalue weighted by molar-refractivity contribution is 7.10. The minimum atomic E-state index is 0.820. The van der Waals surface area contributed by atoms with Gasteiger partial charge in [-0.15, -0.1) is 11.3 Å². The maximum atomic E-state index is 5.99.